The smallest absolute Gasteiger partial charge is 0.264 e. The molecule has 0 spiro atoms. The van der Waals surface area contributed by atoms with E-state index >= 15 is 0 Å². The van der Waals surface area contributed by atoms with Crippen LogP contribution in [0.1, 0.15) is 38.2 Å². The molecule has 4 rings (SSSR count). The Kier molecular flexibility index (Phi) is 10.0. The summed E-state index contributed by atoms with van der Waals surface area (Å²) in [6, 6.07) is 18.1. The van der Waals surface area contributed by atoms with Gasteiger partial charge in [0.05, 0.1) is 10.6 Å². The Bertz CT molecular complexity index is 1430. The molecule has 0 radical (unpaired) electrons. The van der Waals surface area contributed by atoms with Crippen molar-refractivity contribution < 1.29 is 18.0 Å². The van der Waals surface area contributed by atoms with Gasteiger partial charge in [-0.15, -0.1) is 0 Å². The Morgan fingerprint density at radius 1 is 0.900 bits per heavy atom. The Morgan fingerprint density at radius 3 is 2.10 bits per heavy atom. The summed E-state index contributed by atoms with van der Waals surface area (Å²) in [4.78, 5) is 28.6. The molecule has 1 N–H and O–H groups in total. The molecule has 1 unspecified atom stereocenters. The molecule has 0 aromatic heterocycles. The molecule has 0 aliphatic heterocycles. The zero-order valence-corrected chi connectivity index (χ0v) is 25.0. The Balaban J connectivity index is 1.70. The molecule has 0 bridgehead atoms. The fourth-order valence-corrected chi connectivity index (χ4v) is 6.76. The molecule has 1 aliphatic carbocycles. The fraction of sp³-hybridized carbons (Fsp3) is 0.310. The highest BCUT2D eigenvalue weighted by atomic mass is 35.5. The van der Waals surface area contributed by atoms with Crippen molar-refractivity contribution in [1.29, 1.82) is 0 Å². The van der Waals surface area contributed by atoms with Crippen LogP contribution in [-0.4, -0.2) is 43.8 Å². The summed E-state index contributed by atoms with van der Waals surface area (Å²) in [6.45, 7) is 0.962. The normalized spacial score (nSPS) is 14.5. The second-order valence-corrected chi connectivity index (χ2v) is 12.8. The fourth-order valence-electron chi connectivity index (χ4n) is 4.68. The van der Waals surface area contributed by atoms with Crippen molar-refractivity contribution in [2.24, 2.45) is 0 Å². The van der Waals surface area contributed by atoms with Crippen LogP contribution >= 0.6 is 34.8 Å². The molecule has 2 amide bonds. The van der Waals surface area contributed by atoms with Crippen molar-refractivity contribution in [2.75, 3.05) is 10.8 Å². The lowest BCUT2D eigenvalue weighted by molar-refractivity contribution is -0.139. The van der Waals surface area contributed by atoms with E-state index in [2.05, 4.69) is 5.32 Å². The highest BCUT2D eigenvalue weighted by Gasteiger charge is 2.34. The highest BCUT2D eigenvalue weighted by Crippen LogP contribution is 2.29. The minimum Gasteiger partial charge on any atom is -0.352 e. The quantitative estimate of drug-likeness (QED) is 0.287. The van der Waals surface area contributed by atoms with Gasteiger partial charge in [-0.25, -0.2) is 8.42 Å². The molecule has 3 aromatic rings. The van der Waals surface area contributed by atoms with Gasteiger partial charge < -0.3 is 10.2 Å². The van der Waals surface area contributed by atoms with E-state index in [0.717, 1.165) is 30.0 Å². The molecule has 7 nitrogen and oxygen atoms in total. The number of carbonyl (C=O) groups is 2. The standard InChI is InChI=1S/C29H30Cl3N3O4S/c1-20(29(37)33-22-8-5-6-9-22)34(18-25-26(31)12-7-13-27(25)32)28(36)19-35(23-16-14-21(30)15-17-23)40(38,39)24-10-3-2-4-11-24/h2-4,7,10-17,20,22H,5-6,8-9,18-19H2,1H3,(H,33,37). The lowest BCUT2D eigenvalue weighted by Crippen LogP contribution is -2.52. The van der Waals surface area contributed by atoms with Crippen molar-refractivity contribution in [2.45, 2.75) is 56.1 Å². The van der Waals surface area contributed by atoms with Crippen molar-refractivity contribution in [3.8, 4) is 0 Å². The Hall–Kier alpha value is -2.78. The number of halogens is 3. The molecule has 3 aromatic carbocycles. The Labute approximate surface area is 250 Å². The van der Waals surface area contributed by atoms with Gasteiger partial charge >= 0.3 is 0 Å². The zero-order chi connectivity index (χ0) is 28.9. The summed E-state index contributed by atoms with van der Waals surface area (Å²) < 4.78 is 28.6. The van der Waals surface area contributed by atoms with E-state index in [0.29, 0.717) is 20.6 Å². The van der Waals surface area contributed by atoms with Gasteiger partial charge in [0.25, 0.3) is 10.0 Å². The summed E-state index contributed by atoms with van der Waals surface area (Å²) in [6.07, 6.45) is 3.82. The predicted molar refractivity (Wildman–Crippen MR) is 159 cm³/mol. The summed E-state index contributed by atoms with van der Waals surface area (Å²) in [7, 11) is -4.16. The third kappa shape index (κ3) is 7.10. The first-order valence-electron chi connectivity index (χ1n) is 12.9. The van der Waals surface area contributed by atoms with Crippen LogP contribution in [0.15, 0.2) is 77.7 Å². The van der Waals surface area contributed by atoms with Gasteiger partial charge in [0.2, 0.25) is 11.8 Å². The van der Waals surface area contributed by atoms with Crippen molar-refractivity contribution in [3.63, 3.8) is 0 Å². The summed E-state index contributed by atoms with van der Waals surface area (Å²) in [5.41, 5.74) is 0.712. The lowest BCUT2D eigenvalue weighted by atomic mass is 10.1. The summed E-state index contributed by atoms with van der Waals surface area (Å²) in [5, 5.41) is 4.11. The second-order valence-electron chi connectivity index (χ2n) is 9.69. The maximum absolute atomic E-state index is 14.0. The number of nitrogens with one attached hydrogen (secondary N) is 1. The summed E-state index contributed by atoms with van der Waals surface area (Å²) >= 11 is 18.9. The molecular weight excluding hydrogens is 593 g/mol. The maximum atomic E-state index is 14.0. The Morgan fingerprint density at radius 2 is 1.50 bits per heavy atom. The van der Waals surface area contributed by atoms with Crippen LogP contribution in [-0.2, 0) is 26.2 Å². The number of amides is 2. The molecule has 212 valence electrons. The number of hydrogen-bond donors (Lipinski definition) is 1. The first kappa shape index (κ1) is 30.2. The molecule has 11 heteroatoms. The number of benzene rings is 3. The number of carbonyl (C=O) groups excluding carboxylic acids is 2. The average Bonchev–Trinajstić information content (AvgIpc) is 3.45. The minimum absolute atomic E-state index is 0.0190. The largest absolute Gasteiger partial charge is 0.352 e. The topological polar surface area (TPSA) is 86.8 Å². The van der Waals surface area contributed by atoms with Gasteiger partial charge in [-0.2, -0.15) is 0 Å². The third-order valence-corrected chi connectivity index (χ3v) is 9.73. The monoisotopic (exact) mass is 621 g/mol. The van der Waals surface area contributed by atoms with Gasteiger partial charge in [-0.1, -0.05) is 71.9 Å². The van der Waals surface area contributed by atoms with E-state index in [-0.39, 0.29) is 29.1 Å². The molecule has 0 saturated heterocycles. The predicted octanol–water partition coefficient (Wildman–Crippen LogP) is 6.32. The van der Waals surface area contributed by atoms with Crippen LogP contribution in [0.4, 0.5) is 5.69 Å². The van der Waals surface area contributed by atoms with Gasteiger partial charge in [-0.3, -0.25) is 13.9 Å². The molecule has 1 atom stereocenters. The van der Waals surface area contributed by atoms with Gasteiger partial charge in [-0.05, 0) is 68.3 Å². The number of nitrogens with zero attached hydrogens (tertiary/aromatic N) is 2. The highest BCUT2D eigenvalue weighted by molar-refractivity contribution is 7.92. The van der Waals surface area contributed by atoms with E-state index in [4.69, 9.17) is 34.8 Å². The van der Waals surface area contributed by atoms with Crippen LogP contribution in [0.3, 0.4) is 0 Å². The lowest BCUT2D eigenvalue weighted by Gasteiger charge is -2.33. The molecule has 0 heterocycles. The summed E-state index contributed by atoms with van der Waals surface area (Å²) in [5.74, 6) is -0.924. The van der Waals surface area contributed by atoms with E-state index < -0.39 is 28.5 Å². The minimum atomic E-state index is -4.16. The van der Waals surface area contributed by atoms with Crippen LogP contribution in [0.2, 0.25) is 15.1 Å². The maximum Gasteiger partial charge on any atom is 0.264 e. The van der Waals surface area contributed by atoms with Crippen LogP contribution in [0, 0.1) is 0 Å². The van der Waals surface area contributed by atoms with Gasteiger partial charge in [0.1, 0.15) is 12.6 Å². The van der Waals surface area contributed by atoms with Crippen molar-refractivity contribution in [3.05, 3.63) is 93.4 Å². The van der Waals surface area contributed by atoms with Crippen LogP contribution in [0.25, 0.3) is 0 Å². The molecule has 1 aliphatic rings. The van der Waals surface area contributed by atoms with E-state index in [9.17, 15) is 18.0 Å². The first-order chi connectivity index (χ1) is 19.1. The SMILES string of the molecule is CC(C(=O)NC1CCCC1)N(Cc1c(Cl)cccc1Cl)C(=O)CN(c1ccc(Cl)cc1)S(=O)(=O)c1ccccc1. The van der Waals surface area contributed by atoms with Gasteiger partial charge in [0.15, 0.2) is 0 Å². The molecule has 1 fully saturated rings. The van der Waals surface area contributed by atoms with Crippen LogP contribution in [0.5, 0.6) is 0 Å². The number of rotatable bonds is 10. The first-order valence-corrected chi connectivity index (χ1v) is 15.5. The zero-order valence-electron chi connectivity index (χ0n) is 21.9. The van der Waals surface area contributed by atoms with Crippen molar-refractivity contribution >= 4 is 62.3 Å². The van der Waals surface area contributed by atoms with Crippen LogP contribution < -0.4 is 9.62 Å². The molecule has 40 heavy (non-hydrogen) atoms. The molecular formula is C29H30Cl3N3O4S. The van der Waals surface area contributed by atoms with Crippen molar-refractivity contribution in [1.82, 2.24) is 10.2 Å². The van der Waals surface area contributed by atoms with E-state index in [1.807, 2.05) is 0 Å². The van der Waals surface area contributed by atoms with Gasteiger partial charge in [0, 0.05) is 33.2 Å². The molecule has 1 saturated carbocycles. The van der Waals surface area contributed by atoms with E-state index in [1.165, 1.54) is 29.2 Å². The number of hydrogen-bond acceptors (Lipinski definition) is 4. The third-order valence-electron chi connectivity index (χ3n) is 6.98. The second kappa shape index (κ2) is 13.3. The number of anilines is 1. The number of sulfonamides is 1. The average molecular weight is 623 g/mol. The van der Waals surface area contributed by atoms with E-state index in [1.54, 1.807) is 55.5 Å².